The van der Waals surface area contributed by atoms with Crippen molar-refractivity contribution in [3.8, 4) is 17.3 Å². The molecule has 0 aliphatic rings. The number of benzene rings is 1. The smallest absolute Gasteiger partial charge is 0.252 e. The number of fused-ring (bicyclic) bond motifs is 2. The minimum absolute atomic E-state index is 0.0115. The molecule has 4 aromatic heterocycles. The molecule has 4 heterocycles. The Labute approximate surface area is 180 Å². The van der Waals surface area contributed by atoms with Crippen molar-refractivity contribution in [2.24, 2.45) is 0 Å². The van der Waals surface area contributed by atoms with Crippen molar-refractivity contribution in [3.63, 3.8) is 0 Å². The second-order valence-electron chi connectivity index (χ2n) is 7.26. The number of hydrogen-bond acceptors (Lipinski definition) is 6. The molecule has 7 nitrogen and oxygen atoms in total. The highest BCUT2D eigenvalue weighted by Crippen LogP contribution is 2.26. The highest BCUT2D eigenvalue weighted by Gasteiger charge is 2.21. The van der Waals surface area contributed by atoms with Crippen LogP contribution in [0.1, 0.15) is 17.0 Å². The molecule has 0 unspecified atom stereocenters. The van der Waals surface area contributed by atoms with Gasteiger partial charge in [-0.2, -0.15) is 5.10 Å². The van der Waals surface area contributed by atoms with E-state index in [4.69, 9.17) is 16.0 Å². The highest BCUT2D eigenvalue weighted by atomic mass is 35.5. The minimum atomic E-state index is -0.591. The van der Waals surface area contributed by atoms with Crippen LogP contribution in [0.3, 0.4) is 0 Å². The van der Waals surface area contributed by atoms with Crippen LogP contribution in [0.2, 0.25) is 5.02 Å². The van der Waals surface area contributed by atoms with Crippen molar-refractivity contribution in [2.45, 2.75) is 20.8 Å². The van der Waals surface area contributed by atoms with Gasteiger partial charge in [0.05, 0.1) is 11.7 Å². The summed E-state index contributed by atoms with van der Waals surface area (Å²) in [7, 11) is 0. The maximum absolute atomic E-state index is 14.8. The topological polar surface area (TPSA) is 86.7 Å². The second-order valence-corrected chi connectivity index (χ2v) is 7.69. The first-order chi connectivity index (χ1) is 14.8. The van der Waals surface area contributed by atoms with E-state index >= 15 is 0 Å². The molecule has 0 aliphatic carbocycles. The Morgan fingerprint density at radius 1 is 1.10 bits per heavy atom. The van der Waals surface area contributed by atoms with Crippen LogP contribution in [0.15, 0.2) is 45.7 Å². The largest absolute Gasteiger partial charge is 0.433 e. The van der Waals surface area contributed by atoms with Gasteiger partial charge in [0.25, 0.3) is 5.89 Å². The number of aromatic nitrogens is 5. The van der Waals surface area contributed by atoms with Crippen molar-refractivity contribution in [1.82, 2.24) is 24.7 Å². The maximum Gasteiger partial charge on any atom is 0.252 e. The van der Waals surface area contributed by atoms with Gasteiger partial charge >= 0.3 is 0 Å². The van der Waals surface area contributed by atoms with Gasteiger partial charge in [-0.15, -0.1) is 0 Å². The SMILES string of the molecule is Cc1cc2nc(-c3nn(-c4ccc(Cl)cc4F)c4cc(C)c(C)nc4c3=O)oc2cn1. The molecular weight excluding hydrogens is 421 g/mol. The number of oxazole rings is 1. The fourth-order valence-corrected chi connectivity index (χ4v) is 3.50. The normalized spacial score (nSPS) is 11.5. The predicted octanol–water partition coefficient (Wildman–Crippen LogP) is 4.70. The molecule has 0 bridgehead atoms. The van der Waals surface area contributed by atoms with Gasteiger partial charge < -0.3 is 4.42 Å². The Morgan fingerprint density at radius 2 is 1.90 bits per heavy atom. The molecule has 9 heteroatoms. The number of aryl methyl sites for hydroxylation is 3. The van der Waals surface area contributed by atoms with Crippen LogP contribution in [0, 0.1) is 26.6 Å². The number of halogens is 2. The third-order valence-corrected chi connectivity index (χ3v) is 5.29. The molecule has 5 rings (SSSR count). The average Bonchev–Trinajstić information content (AvgIpc) is 3.13. The van der Waals surface area contributed by atoms with E-state index in [9.17, 15) is 9.18 Å². The molecule has 31 heavy (non-hydrogen) atoms. The van der Waals surface area contributed by atoms with E-state index in [2.05, 4.69) is 20.1 Å². The number of hydrogen-bond donors (Lipinski definition) is 0. The number of rotatable bonds is 2. The summed E-state index contributed by atoms with van der Waals surface area (Å²) < 4.78 is 21.9. The lowest BCUT2D eigenvalue weighted by Crippen LogP contribution is -2.18. The van der Waals surface area contributed by atoms with E-state index in [1.165, 1.54) is 23.0 Å². The Hall–Kier alpha value is -3.65. The van der Waals surface area contributed by atoms with E-state index in [0.717, 1.165) is 11.3 Å². The number of nitrogens with zero attached hydrogens (tertiary/aromatic N) is 5. The Balaban J connectivity index is 1.88. The summed E-state index contributed by atoms with van der Waals surface area (Å²) in [5.41, 5.74) is 3.33. The molecule has 5 aromatic rings. The molecule has 0 atom stereocenters. The molecule has 0 radical (unpaired) electrons. The van der Waals surface area contributed by atoms with Crippen LogP contribution >= 0.6 is 11.6 Å². The summed E-state index contributed by atoms with van der Waals surface area (Å²) in [6.07, 6.45) is 1.53. The lowest BCUT2D eigenvalue weighted by atomic mass is 10.1. The minimum Gasteiger partial charge on any atom is -0.433 e. The standard InChI is InChI=1S/C22H15ClFN5O2/c1-10-6-17-19(26-12(10)3)21(30)20(22-27-15-7-11(2)25-9-18(15)31-22)28-29(17)16-5-4-13(23)8-14(16)24/h4-9H,1-3H3. The first kappa shape index (κ1) is 19.3. The van der Waals surface area contributed by atoms with E-state index in [0.29, 0.717) is 22.3 Å². The summed E-state index contributed by atoms with van der Waals surface area (Å²) in [4.78, 5) is 26.3. The molecule has 0 fully saturated rings. The quantitative estimate of drug-likeness (QED) is 0.399. The van der Waals surface area contributed by atoms with Crippen LogP contribution < -0.4 is 5.43 Å². The van der Waals surface area contributed by atoms with Gasteiger partial charge in [-0.3, -0.25) is 9.78 Å². The summed E-state index contributed by atoms with van der Waals surface area (Å²) >= 11 is 5.92. The van der Waals surface area contributed by atoms with Gasteiger partial charge in [0.1, 0.15) is 22.5 Å². The van der Waals surface area contributed by atoms with E-state index < -0.39 is 11.2 Å². The average molecular weight is 436 g/mol. The van der Waals surface area contributed by atoms with Gasteiger partial charge in [0.2, 0.25) is 5.43 Å². The Bertz CT molecular complexity index is 1570. The van der Waals surface area contributed by atoms with Crippen LogP contribution in [0.4, 0.5) is 4.39 Å². The lowest BCUT2D eigenvalue weighted by Gasteiger charge is -2.13. The fraction of sp³-hybridized carbons (Fsp3) is 0.136. The van der Waals surface area contributed by atoms with E-state index in [1.807, 2.05) is 13.8 Å². The van der Waals surface area contributed by atoms with Crippen molar-refractivity contribution >= 4 is 33.7 Å². The molecule has 0 spiro atoms. The van der Waals surface area contributed by atoms with E-state index in [1.54, 1.807) is 25.1 Å². The molecule has 0 N–H and O–H groups in total. The summed E-state index contributed by atoms with van der Waals surface area (Å²) in [5, 5.41) is 4.67. The van der Waals surface area contributed by atoms with E-state index in [-0.39, 0.29) is 27.8 Å². The van der Waals surface area contributed by atoms with Crippen LogP contribution in [0.25, 0.3) is 39.4 Å². The molecule has 0 saturated carbocycles. The maximum atomic E-state index is 14.8. The summed E-state index contributed by atoms with van der Waals surface area (Å²) in [5.74, 6) is -0.580. The fourth-order valence-electron chi connectivity index (χ4n) is 3.34. The molecule has 1 aromatic carbocycles. The number of pyridine rings is 2. The van der Waals surface area contributed by atoms with Gasteiger partial charge in [-0.05, 0) is 56.7 Å². The molecule has 0 amide bonds. The summed E-state index contributed by atoms with van der Waals surface area (Å²) in [6, 6.07) is 7.72. The van der Waals surface area contributed by atoms with Gasteiger partial charge in [0, 0.05) is 16.4 Å². The zero-order chi connectivity index (χ0) is 21.9. The molecule has 0 saturated heterocycles. The lowest BCUT2D eigenvalue weighted by molar-refractivity contribution is 0.601. The third-order valence-electron chi connectivity index (χ3n) is 5.06. The zero-order valence-electron chi connectivity index (χ0n) is 16.8. The van der Waals surface area contributed by atoms with Crippen molar-refractivity contribution in [3.05, 3.63) is 74.5 Å². The van der Waals surface area contributed by atoms with Crippen LogP contribution in [-0.4, -0.2) is 24.7 Å². The second kappa shape index (κ2) is 6.95. The van der Waals surface area contributed by atoms with Crippen LogP contribution in [-0.2, 0) is 0 Å². The van der Waals surface area contributed by atoms with Gasteiger partial charge in [-0.25, -0.2) is 19.0 Å². The van der Waals surface area contributed by atoms with Crippen LogP contribution in [0.5, 0.6) is 0 Å². The molecular formula is C22H15ClFN5O2. The molecule has 154 valence electrons. The first-order valence-corrected chi connectivity index (χ1v) is 9.80. The highest BCUT2D eigenvalue weighted by molar-refractivity contribution is 6.30. The summed E-state index contributed by atoms with van der Waals surface area (Å²) in [6.45, 7) is 5.49. The third kappa shape index (κ3) is 3.16. The Kier molecular flexibility index (Phi) is 4.33. The van der Waals surface area contributed by atoms with Crippen molar-refractivity contribution in [2.75, 3.05) is 0 Å². The molecule has 0 aliphatic heterocycles. The first-order valence-electron chi connectivity index (χ1n) is 9.42. The predicted molar refractivity (Wildman–Crippen MR) is 115 cm³/mol. The Morgan fingerprint density at radius 3 is 2.68 bits per heavy atom. The van der Waals surface area contributed by atoms with Gasteiger partial charge in [0.15, 0.2) is 11.3 Å². The van der Waals surface area contributed by atoms with Gasteiger partial charge in [-0.1, -0.05) is 11.6 Å². The zero-order valence-corrected chi connectivity index (χ0v) is 17.5. The van der Waals surface area contributed by atoms with Crippen molar-refractivity contribution < 1.29 is 8.81 Å². The monoisotopic (exact) mass is 435 g/mol. The van der Waals surface area contributed by atoms with Crippen molar-refractivity contribution in [1.29, 1.82) is 0 Å².